The minimum absolute atomic E-state index is 0.117. The number of imidazole rings is 1. The van der Waals surface area contributed by atoms with Crippen molar-refractivity contribution in [1.82, 2.24) is 14.9 Å². The smallest absolute Gasteiger partial charge is 0.111 e. The average Bonchev–Trinajstić information content (AvgIpc) is 2.72. The fourth-order valence-electron chi connectivity index (χ4n) is 1.75. The van der Waals surface area contributed by atoms with Crippen molar-refractivity contribution in [2.45, 2.75) is 45.7 Å². The summed E-state index contributed by atoms with van der Waals surface area (Å²) in [6.45, 7) is 8.27. The number of hydrogen-bond donors (Lipinski definition) is 2. The van der Waals surface area contributed by atoms with Crippen molar-refractivity contribution in [3.05, 3.63) is 18.2 Å². The van der Waals surface area contributed by atoms with Crippen LogP contribution in [0.15, 0.2) is 12.4 Å². The normalized spacial score (nSPS) is 13.3. The Morgan fingerprint density at radius 3 is 2.81 bits per heavy atom. The maximum atomic E-state index is 9.28. The monoisotopic (exact) mass is 225 g/mol. The molecule has 0 aromatic carbocycles. The summed E-state index contributed by atoms with van der Waals surface area (Å²) < 4.78 is 2.12. The third-order valence-corrected chi connectivity index (χ3v) is 2.58. The second-order valence-electron chi connectivity index (χ2n) is 4.43. The fourth-order valence-corrected chi connectivity index (χ4v) is 1.75. The molecule has 0 bridgehead atoms. The van der Waals surface area contributed by atoms with Crippen molar-refractivity contribution in [2.75, 3.05) is 13.2 Å². The molecule has 1 rings (SSSR count). The Bertz CT molecular complexity index is 296. The van der Waals surface area contributed by atoms with Crippen LogP contribution in [-0.2, 0) is 6.54 Å². The van der Waals surface area contributed by atoms with Crippen LogP contribution in [0.1, 0.15) is 38.9 Å². The van der Waals surface area contributed by atoms with Gasteiger partial charge in [-0.2, -0.15) is 0 Å². The topological polar surface area (TPSA) is 50.1 Å². The predicted molar refractivity (Wildman–Crippen MR) is 65.5 cm³/mol. The lowest BCUT2D eigenvalue weighted by Gasteiger charge is -2.18. The van der Waals surface area contributed by atoms with Crippen LogP contribution in [0.25, 0.3) is 0 Å². The first-order chi connectivity index (χ1) is 7.69. The predicted octanol–water partition coefficient (Wildman–Crippen LogP) is 1.37. The molecule has 1 heterocycles. The number of nitrogens with zero attached hydrogens (tertiary/aromatic N) is 2. The van der Waals surface area contributed by atoms with Gasteiger partial charge in [0.1, 0.15) is 5.82 Å². The van der Waals surface area contributed by atoms with Crippen molar-refractivity contribution in [2.24, 2.45) is 0 Å². The molecule has 0 aliphatic heterocycles. The average molecular weight is 225 g/mol. The SMILES string of the molecule is CCCNC(CO)Cn1ccnc1C(C)C. The number of aliphatic hydroxyl groups excluding tert-OH is 1. The van der Waals surface area contributed by atoms with Crippen LogP contribution in [0.4, 0.5) is 0 Å². The summed E-state index contributed by atoms with van der Waals surface area (Å²) in [5.74, 6) is 1.50. The molecule has 4 heteroatoms. The molecule has 0 aliphatic rings. The highest BCUT2D eigenvalue weighted by Crippen LogP contribution is 2.11. The van der Waals surface area contributed by atoms with E-state index >= 15 is 0 Å². The van der Waals surface area contributed by atoms with Gasteiger partial charge in [-0.1, -0.05) is 20.8 Å². The molecule has 0 saturated carbocycles. The van der Waals surface area contributed by atoms with Crippen LogP contribution in [0.3, 0.4) is 0 Å². The molecule has 0 radical (unpaired) electrons. The summed E-state index contributed by atoms with van der Waals surface area (Å²) in [6, 6.07) is 0.117. The zero-order valence-electron chi connectivity index (χ0n) is 10.5. The van der Waals surface area contributed by atoms with Gasteiger partial charge in [-0.3, -0.25) is 0 Å². The van der Waals surface area contributed by atoms with Gasteiger partial charge in [0.25, 0.3) is 0 Å². The quantitative estimate of drug-likeness (QED) is 0.737. The number of rotatable bonds is 7. The van der Waals surface area contributed by atoms with Crippen molar-refractivity contribution in [3.8, 4) is 0 Å². The largest absolute Gasteiger partial charge is 0.395 e. The minimum Gasteiger partial charge on any atom is -0.395 e. The van der Waals surface area contributed by atoms with Crippen molar-refractivity contribution >= 4 is 0 Å². The molecule has 16 heavy (non-hydrogen) atoms. The zero-order chi connectivity index (χ0) is 12.0. The Hall–Kier alpha value is -0.870. The molecule has 0 saturated heterocycles. The van der Waals surface area contributed by atoms with E-state index in [1.807, 2.05) is 12.4 Å². The van der Waals surface area contributed by atoms with E-state index in [0.29, 0.717) is 5.92 Å². The lowest BCUT2D eigenvalue weighted by molar-refractivity contribution is 0.228. The summed E-state index contributed by atoms with van der Waals surface area (Å²) in [5.41, 5.74) is 0. The van der Waals surface area contributed by atoms with Crippen LogP contribution >= 0.6 is 0 Å². The Morgan fingerprint density at radius 1 is 1.50 bits per heavy atom. The summed E-state index contributed by atoms with van der Waals surface area (Å²) >= 11 is 0. The highest BCUT2D eigenvalue weighted by atomic mass is 16.3. The second kappa shape index (κ2) is 6.66. The van der Waals surface area contributed by atoms with E-state index in [1.165, 1.54) is 0 Å². The number of hydrogen-bond acceptors (Lipinski definition) is 3. The Kier molecular flexibility index (Phi) is 5.49. The molecule has 0 fully saturated rings. The molecule has 1 atom stereocenters. The van der Waals surface area contributed by atoms with Gasteiger partial charge in [-0.25, -0.2) is 4.98 Å². The third kappa shape index (κ3) is 3.61. The highest BCUT2D eigenvalue weighted by Gasteiger charge is 2.11. The van der Waals surface area contributed by atoms with Gasteiger partial charge in [0.2, 0.25) is 0 Å². The molecule has 1 aromatic rings. The van der Waals surface area contributed by atoms with Gasteiger partial charge in [0.15, 0.2) is 0 Å². The zero-order valence-corrected chi connectivity index (χ0v) is 10.5. The van der Waals surface area contributed by atoms with Crippen LogP contribution in [0, 0.1) is 0 Å². The van der Waals surface area contributed by atoms with Gasteiger partial charge in [0.05, 0.1) is 6.61 Å². The van der Waals surface area contributed by atoms with E-state index in [0.717, 1.165) is 25.3 Å². The van der Waals surface area contributed by atoms with Crippen LogP contribution in [-0.4, -0.2) is 33.9 Å². The van der Waals surface area contributed by atoms with Crippen LogP contribution in [0.2, 0.25) is 0 Å². The molecule has 4 nitrogen and oxygen atoms in total. The van der Waals surface area contributed by atoms with E-state index in [4.69, 9.17) is 0 Å². The van der Waals surface area contributed by atoms with Crippen molar-refractivity contribution in [3.63, 3.8) is 0 Å². The molecule has 2 N–H and O–H groups in total. The molecular formula is C12H23N3O. The van der Waals surface area contributed by atoms with Gasteiger partial charge < -0.3 is 15.0 Å². The summed E-state index contributed by atoms with van der Waals surface area (Å²) in [7, 11) is 0. The standard InChI is InChI=1S/C12H23N3O/c1-4-5-13-11(9-16)8-15-7-6-14-12(15)10(2)3/h6-7,10-11,13,16H,4-5,8-9H2,1-3H3. The van der Waals surface area contributed by atoms with E-state index in [9.17, 15) is 5.11 Å². The second-order valence-corrected chi connectivity index (χ2v) is 4.43. The third-order valence-electron chi connectivity index (χ3n) is 2.58. The summed E-state index contributed by atoms with van der Waals surface area (Å²) in [6.07, 6.45) is 4.88. The van der Waals surface area contributed by atoms with E-state index in [-0.39, 0.29) is 12.6 Å². The molecule has 92 valence electrons. The van der Waals surface area contributed by atoms with Crippen molar-refractivity contribution < 1.29 is 5.11 Å². The molecule has 0 spiro atoms. The molecule has 0 amide bonds. The van der Waals surface area contributed by atoms with Crippen LogP contribution < -0.4 is 5.32 Å². The number of aliphatic hydroxyl groups is 1. The lowest BCUT2D eigenvalue weighted by Crippen LogP contribution is -2.37. The van der Waals surface area contributed by atoms with Gasteiger partial charge >= 0.3 is 0 Å². The molecule has 0 aliphatic carbocycles. The van der Waals surface area contributed by atoms with Gasteiger partial charge in [-0.15, -0.1) is 0 Å². The lowest BCUT2D eigenvalue weighted by atomic mass is 10.2. The van der Waals surface area contributed by atoms with E-state index < -0.39 is 0 Å². The molecule has 1 aromatic heterocycles. The van der Waals surface area contributed by atoms with Crippen LogP contribution in [0.5, 0.6) is 0 Å². The maximum Gasteiger partial charge on any atom is 0.111 e. The van der Waals surface area contributed by atoms with Gasteiger partial charge in [0, 0.05) is 30.9 Å². The minimum atomic E-state index is 0.117. The van der Waals surface area contributed by atoms with Crippen molar-refractivity contribution in [1.29, 1.82) is 0 Å². The van der Waals surface area contributed by atoms with E-state index in [1.54, 1.807) is 0 Å². The maximum absolute atomic E-state index is 9.28. The summed E-state index contributed by atoms with van der Waals surface area (Å²) in [4.78, 5) is 4.34. The number of nitrogens with one attached hydrogen (secondary N) is 1. The summed E-state index contributed by atoms with van der Waals surface area (Å²) in [5, 5.41) is 12.6. The highest BCUT2D eigenvalue weighted by molar-refractivity contribution is 4.98. The Balaban J connectivity index is 2.59. The fraction of sp³-hybridized carbons (Fsp3) is 0.750. The Labute approximate surface area is 97.7 Å². The van der Waals surface area contributed by atoms with E-state index in [2.05, 4.69) is 35.6 Å². The first kappa shape index (κ1) is 13.2. The number of aromatic nitrogens is 2. The van der Waals surface area contributed by atoms with Gasteiger partial charge in [-0.05, 0) is 13.0 Å². The molecule has 1 unspecified atom stereocenters. The Morgan fingerprint density at radius 2 is 2.25 bits per heavy atom. The molecular weight excluding hydrogens is 202 g/mol. The first-order valence-electron chi connectivity index (χ1n) is 6.04. The first-order valence-corrected chi connectivity index (χ1v) is 6.04.